The summed E-state index contributed by atoms with van der Waals surface area (Å²) < 4.78 is 5.25. The van der Waals surface area contributed by atoms with Gasteiger partial charge in [0.15, 0.2) is 0 Å². The first-order valence-corrected chi connectivity index (χ1v) is 12.1. The Morgan fingerprint density at radius 3 is 2.28 bits per heavy atom. The molecule has 0 spiro atoms. The molecular formula is C27H35N3O6. The van der Waals surface area contributed by atoms with E-state index in [1.165, 1.54) is 11.0 Å². The molecule has 194 valence electrons. The lowest BCUT2D eigenvalue weighted by molar-refractivity contribution is -0.146. The predicted molar refractivity (Wildman–Crippen MR) is 135 cm³/mol. The van der Waals surface area contributed by atoms with E-state index in [4.69, 9.17) is 4.74 Å². The van der Waals surface area contributed by atoms with E-state index in [0.717, 1.165) is 12.0 Å². The number of phenolic OH excluding ortho intramolecular Hbond substituents is 1. The first-order chi connectivity index (χ1) is 17.0. The number of amides is 3. The number of anilines is 1. The number of hydrogen-bond donors (Lipinski definition) is 4. The van der Waals surface area contributed by atoms with Gasteiger partial charge in [-0.15, -0.1) is 0 Å². The maximum atomic E-state index is 13.8. The van der Waals surface area contributed by atoms with Crippen LogP contribution >= 0.6 is 0 Å². The van der Waals surface area contributed by atoms with Gasteiger partial charge in [0, 0.05) is 17.3 Å². The molecule has 1 saturated carbocycles. The zero-order valence-electron chi connectivity index (χ0n) is 21.2. The highest BCUT2D eigenvalue weighted by Gasteiger charge is 2.42. The molecule has 0 heterocycles. The van der Waals surface area contributed by atoms with Crippen LogP contribution in [0.1, 0.15) is 57.2 Å². The summed E-state index contributed by atoms with van der Waals surface area (Å²) in [6, 6.07) is 10.8. The highest BCUT2D eigenvalue weighted by Crippen LogP contribution is 2.37. The molecule has 0 aromatic heterocycles. The van der Waals surface area contributed by atoms with Crippen molar-refractivity contribution in [3.63, 3.8) is 0 Å². The van der Waals surface area contributed by atoms with Gasteiger partial charge in [-0.3, -0.25) is 9.59 Å². The summed E-state index contributed by atoms with van der Waals surface area (Å²) in [6.07, 6.45) is 1.31. The molecule has 9 nitrogen and oxygen atoms in total. The largest absolute Gasteiger partial charge is 0.508 e. The van der Waals surface area contributed by atoms with E-state index in [0.29, 0.717) is 18.5 Å². The summed E-state index contributed by atoms with van der Waals surface area (Å²) in [5.74, 6) is -1.29. The minimum Gasteiger partial charge on any atom is -0.508 e. The second kappa shape index (κ2) is 11.4. The van der Waals surface area contributed by atoms with Crippen LogP contribution in [-0.2, 0) is 14.3 Å². The van der Waals surface area contributed by atoms with E-state index in [1.807, 2.05) is 19.1 Å². The van der Waals surface area contributed by atoms with Crippen molar-refractivity contribution in [2.75, 3.05) is 11.9 Å². The molecule has 2 aromatic rings. The molecule has 4 N–H and O–H groups in total. The average Bonchev–Trinajstić information content (AvgIpc) is 2.77. The van der Waals surface area contributed by atoms with E-state index in [-0.39, 0.29) is 17.4 Å². The van der Waals surface area contributed by atoms with Gasteiger partial charge in [-0.05, 0) is 64.7 Å². The van der Waals surface area contributed by atoms with E-state index < -0.39 is 42.2 Å². The molecule has 1 fully saturated rings. The van der Waals surface area contributed by atoms with Crippen molar-refractivity contribution in [2.24, 2.45) is 0 Å². The van der Waals surface area contributed by atoms with Crippen LogP contribution in [0.2, 0.25) is 0 Å². The summed E-state index contributed by atoms with van der Waals surface area (Å²) in [6.45, 7) is 6.23. The number of para-hydroxylation sites is 2. The molecule has 0 saturated heterocycles. The minimum atomic E-state index is -1.33. The van der Waals surface area contributed by atoms with Gasteiger partial charge in [0.05, 0.1) is 6.61 Å². The van der Waals surface area contributed by atoms with Gasteiger partial charge >= 0.3 is 6.09 Å². The smallest absolute Gasteiger partial charge is 0.408 e. The Labute approximate surface area is 211 Å². The number of ether oxygens (including phenoxy) is 1. The van der Waals surface area contributed by atoms with Crippen molar-refractivity contribution < 1.29 is 29.3 Å². The molecular weight excluding hydrogens is 462 g/mol. The Kier molecular flexibility index (Phi) is 8.57. The van der Waals surface area contributed by atoms with Gasteiger partial charge in [0.2, 0.25) is 5.91 Å². The molecule has 3 amide bonds. The van der Waals surface area contributed by atoms with Crippen molar-refractivity contribution in [2.45, 2.75) is 70.7 Å². The normalized spacial score (nSPS) is 15.2. The Morgan fingerprint density at radius 1 is 1.08 bits per heavy atom. The molecule has 2 aromatic carbocycles. The van der Waals surface area contributed by atoms with E-state index in [2.05, 4.69) is 10.6 Å². The lowest BCUT2D eigenvalue weighted by Crippen LogP contribution is -2.58. The van der Waals surface area contributed by atoms with Crippen molar-refractivity contribution >= 4 is 23.6 Å². The number of nitrogens with zero attached hydrogens (tertiary/aromatic N) is 1. The number of rotatable bonds is 8. The SMILES string of the molecule is Cc1ccccc1NC(=O)C(c1ccccc1O)N(C(=O)C(CO)NC(=O)OC(C)(C)C)C1CCC1. The third-order valence-corrected chi connectivity index (χ3v) is 6.06. The van der Waals surface area contributed by atoms with Gasteiger partial charge in [0.1, 0.15) is 23.4 Å². The molecule has 1 aliphatic carbocycles. The van der Waals surface area contributed by atoms with Crippen LogP contribution in [0.15, 0.2) is 48.5 Å². The van der Waals surface area contributed by atoms with E-state index in [1.54, 1.807) is 51.1 Å². The summed E-state index contributed by atoms with van der Waals surface area (Å²) in [4.78, 5) is 41.3. The van der Waals surface area contributed by atoms with Gasteiger partial charge in [0.25, 0.3) is 5.91 Å². The third kappa shape index (κ3) is 6.54. The fourth-order valence-corrected chi connectivity index (χ4v) is 4.05. The number of carbonyl (C=O) groups excluding carboxylic acids is 3. The summed E-state index contributed by atoms with van der Waals surface area (Å²) in [5.41, 5.74) is 0.864. The average molecular weight is 498 g/mol. The molecule has 2 atom stereocenters. The van der Waals surface area contributed by atoms with Crippen molar-refractivity contribution in [1.29, 1.82) is 0 Å². The number of aliphatic hydroxyl groups is 1. The van der Waals surface area contributed by atoms with E-state index >= 15 is 0 Å². The number of phenols is 1. The number of aliphatic hydroxyl groups excluding tert-OH is 1. The van der Waals surface area contributed by atoms with Crippen LogP contribution in [0, 0.1) is 6.92 Å². The minimum absolute atomic E-state index is 0.139. The lowest BCUT2D eigenvalue weighted by atomic mass is 9.88. The molecule has 2 unspecified atom stereocenters. The first-order valence-electron chi connectivity index (χ1n) is 12.1. The zero-order chi connectivity index (χ0) is 26.5. The quantitative estimate of drug-likeness (QED) is 0.441. The van der Waals surface area contributed by atoms with Crippen LogP contribution in [0.3, 0.4) is 0 Å². The standard InChI is InChI=1S/C27H35N3O6/c1-17-10-5-7-14-20(17)28-24(33)23(19-13-6-8-15-22(19)32)30(18-11-9-12-18)25(34)21(16-31)29-26(35)36-27(2,3)4/h5-8,10,13-15,18,21,23,31-32H,9,11-12,16H2,1-4H3,(H,28,33)(H,29,35). The highest BCUT2D eigenvalue weighted by molar-refractivity contribution is 6.00. The van der Waals surface area contributed by atoms with Crippen LogP contribution in [-0.4, -0.2) is 57.3 Å². The number of alkyl carbamates (subject to hydrolysis) is 1. The number of aromatic hydroxyl groups is 1. The number of nitrogens with one attached hydrogen (secondary N) is 2. The number of carbonyl (C=O) groups is 3. The van der Waals surface area contributed by atoms with E-state index in [9.17, 15) is 24.6 Å². The Morgan fingerprint density at radius 2 is 1.72 bits per heavy atom. The molecule has 0 radical (unpaired) electrons. The molecule has 3 rings (SSSR count). The fourth-order valence-electron chi connectivity index (χ4n) is 4.05. The van der Waals surface area contributed by atoms with Gasteiger partial charge in [-0.2, -0.15) is 0 Å². The van der Waals surface area contributed by atoms with Crippen LogP contribution < -0.4 is 10.6 Å². The fraction of sp³-hybridized carbons (Fsp3) is 0.444. The molecule has 0 aliphatic heterocycles. The monoisotopic (exact) mass is 497 g/mol. The molecule has 0 bridgehead atoms. The molecule has 9 heteroatoms. The Hall–Kier alpha value is -3.59. The topological polar surface area (TPSA) is 128 Å². The van der Waals surface area contributed by atoms with Gasteiger partial charge < -0.3 is 30.5 Å². The number of hydrogen-bond acceptors (Lipinski definition) is 6. The second-order valence-electron chi connectivity index (χ2n) is 9.98. The summed E-state index contributed by atoms with van der Waals surface area (Å²) in [5, 5.41) is 26.0. The second-order valence-corrected chi connectivity index (χ2v) is 9.98. The number of benzene rings is 2. The Bertz CT molecular complexity index is 1090. The zero-order valence-corrected chi connectivity index (χ0v) is 21.2. The Balaban J connectivity index is 1.99. The van der Waals surface area contributed by atoms with Gasteiger partial charge in [-0.1, -0.05) is 36.4 Å². The first kappa shape index (κ1) is 27.0. The summed E-state index contributed by atoms with van der Waals surface area (Å²) in [7, 11) is 0. The molecule has 36 heavy (non-hydrogen) atoms. The van der Waals surface area contributed by atoms with Gasteiger partial charge in [-0.25, -0.2) is 4.79 Å². The van der Waals surface area contributed by atoms with Crippen LogP contribution in [0.25, 0.3) is 0 Å². The molecule has 1 aliphatic rings. The third-order valence-electron chi connectivity index (χ3n) is 6.06. The van der Waals surface area contributed by atoms with Crippen molar-refractivity contribution in [1.82, 2.24) is 10.2 Å². The highest BCUT2D eigenvalue weighted by atomic mass is 16.6. The van der Waals surface area contributed by atoms with Crippen molar-refractivity contribution in [3.8, 4) is 5.75 Å². The summed E-state index contributed by atoms with van der Waals surface area (Å²) >= 11 is 0. The van der Waals surface area contributed by atoms with Crippen LogP contribution in [0.5, 0.6) is 5.75 Å². The van der Waals surface area contributed by atoms with Crippen molar-refractivity contribution in [3.05, 3.63) is 59.7 Å². The van der Waals surface area contributed by atoms with Crippen LogP contribution in [0.4, 0.5) is 10.5 Å². The lowest BCUT2D eigenvalue weighted by Gasteiger charge is -2.43. The predicted octanol–water partition coefficient (Wildman–Crippen LogP) is 3.65. The number of aryl methyl sites for hydroxylation is 1. The maximum absolute atomic E-state index is 13.8. The maximum Gasteiger partial charge on any atom is 0.408 e.